The molecule has 2 aromatic heterocycles. The van der Waals surface area contributed by atoms with Crippen LogP contribution >= 0.6 is 7.82 Å². The van der Waals surface area contributed by atoms with Gasteiger partial charge >= 0.3 is 7.82 Å². The molecule has 0 fully saturated rings. The molecule has 0 spiro atoms. The minimum atomic E-state index is -3.79. The smallest absolute Gasteiger partial charge is 0.471 e. The Kier molecular flexibility index (Phi) is 3.73. The van der Waals surface area contributed by atoms with E-state index in [0.29, 0.717) is 23.6 Å². The highest BCUT2D eigenvalue weighted by molar-refractivity contribution is 7.49. The molecule has 0 aliphatic carbocycles. The van der Waals surface area contributed by atoms with Gasteiger partial charge in [0.2, 0.25) is 11.6 Å². The monoisotopic (exact) mass is 404 g/mol. The molecule has 3 aromatic rings. The van der Waals surface area contributed by atoms with Crippen LogP contribution in [0.1, 0.15) is 36.4 Å². The van der Waals surface area contributed by atoms with E-state index in [-0.39, 0.29) is 18.3 Å². The van der Waals surface area contributed by atoms with Crippen LogP contribution in [0.25, 0.3) is 10.9 Å². The van der Waals surface area contributed by atoms with Crippen molar-refractivity contribution >= 4 is 18.7 Å². The molecule has 2 atom stereocenters. The number of rotatable bonds is 4. The maximum atomic E-state index is 13.1. The summed E-state index contributed by atoms with van der Waals surface area (Å²) in [7, 11) is -3.79. The van der Waals surface area contributed by atoms with Crippen molar-refractivity contribution in [3.05, 3.63) is 46.9 Å². The lowest BCUT2D eigenvalue weighted by Gasteiger charge is -2.23. The molecule has 2 unspecified atom stereocenters. The Balaban J connectivity index is 1.69. The van der Waals surface area contributed by atoms with E-state index in [1.165, 1.54) is 12.1 Å². The predicted octanol–water partition coefficient (Wildman–Crippen LogP) is 5.19. The standard InChI is InChI=1S/C19H18FN2O5P/c1-4-14-22-11(3)10(2)15-16(22)18(24-9-12-5-7-13(20)8-6-12)21-19-17(15)26-28(23,25-14)27-19/h5-8,14H,4,9H2,1-3H3. The Bertz CT molecular complexity index is 1160. The van der Waals surface area contributed by atoms with E-state index in [2.05, 4.69) is 4.98 Å². The van der Waals surface area contributed by atoms with Crippen molar-refractivity contribution in [1.29, 1.82) is 0 Å². The van der Waals surface area contributed by atoms with Gasteiger partial charge < -0.3 is 18.4 Å². The maximum Gasteiger partial charge on any atom is 0.591 e. The van der Waals surface area contributed by atoms with Crippen molar-refractivity contribution in [3.8, 4) is 17.5 Å². The van der Waals surface area contributed by atoms with E-state index < -0.39 is 14.1 Å². The van der Waals surface area contributed by atoms with Crippen molar-refractivity contribution in [1.82, 2.24) is 9.55 Å². The average Bonchev–Trinajstić information content (AvgIpc) is 3.16. The predicted molar refractivity (Wildman–Crippen MR) is 99.2 cm³/mol. The molecule has 0 saturated heterocycles. The first-order valence-corrected chi connectivity index (χ1v) is 10.5. The summed E-state index contributed by atoms with van der Waals surface area (Å²) in [6, 6.07) is 6.06. The number of hydrogen-bond donors (Lipinski definition) is 0. The van der Waals surface area contributed by atoms with Crippen LogP contribution < -0.4 is 13.8 Å². The quantitative estimate of drug-likeness (QED) is 0.558. The molecule has 2 aliphatic heterocycles. The van der Waals surface area contributed by atoms with Gasteiger partial charge in [-0.2, -0.15) is 4.98 Å². The number of pyridine rings is 1. The second-order valence-corrected chi connectivity index (χ2v) is 8.34. The van der Waals surface area contributed by atoms with Gasteiger partial charge in [-0.05, 0) is 43.5 Å². The molecule has 5 rings (SSSR count). The number of phosphoric acid groups is 1. The molecule has 0 amide bonds. The van der Waals surface area contributed by atoms with Gasteiger partial charge in [-0.15, -0.1) is 0 Å². The zero-order chi connectivity index (χ0) is 19.6. The topological polar surface area (TPSA) is 71.8 Å². The largest absolute Gasteiger partial charge is 0.591 e. The fraction of sp³-hybridized carbons (Fsp3) is 0.316. The van der Waals surface area contributed by atoms with Crippen LogP contribution in [0.5, 0.6) is 17.5 Å². The number of fused-ring (bicyclic) bond motifs is 1. The summed E-state index contributed by atoms with van der Waals surface area (Å²) in [5.74, 6) is 0.440. The highest BCUT2D eigenvalue weighted by Crippen LogP contribution is 2.65. The van der Waals surface area contributed by atoms with E-state index in [0.717, 1.165) is 22.2 Å². The summed E-state index contributed by atoms with van der Waals surface area (Å²) in [6.07, 6.45) is 0.000459. The van der Waals surface area contributed by atoms with Crippen molar-refractivity contribution < 1.29 is 27.3 Å². The third-order valence-corrected chi connectivity index (χ3v) is 6.47. The molecule has 2 aliphatic rings. The Hall–Kier alpha value is -2.57. The lowest BCUT2D eigenvalue weighted by atomic mass is 10.1. The van der Waals surface area contributed by atoms with Gasteiger partial charge in [-0.1, -0.05) is 19.1 Å². The van der Waals surface area contributed by atoms with Crippen LogP contribution in [0.3, 0.4) is 0 Å². The zero-order valence-electron chi connectivity index (χ0n) is 15.6. The van der Waals surface area contributed by atoms with E-state index in [9.17, 15) is 8.96 Å². The fourth-order valence-electron chi connectivity index (χ4n) is 3.69. The molecule has 0 N–H and O–H groups in total. The van der Waals surface area contributed by atoms with Crippen molar-refractivity contribution in [2.75, 3.05) is 0 Å². The van der Waals surface area contributed by atoms with Gasteiger partial charge in [0.25, 0.3) is 5.88 Å². The second kappa shape index (κ2) is 5.96. The Morgan fingerprint density at radius 3 is 2.71 bits per heavy atom. The highest BCUT2D eigenvalue weighted by atomic mass is 31.2. The number of halogens is 1. The van der Waals surface area contributed by atoms with Gasteiger partial charge in [0.05, 0.1) is 5.39 Å². The number of phosphoric ester groups is 1. The lowest BCUT2D eigenvalue weighted by Crippen LogP contribution is -2.15. The third-order valence-electron chi connectivity index (χ3n) is 5.16. The van der Waals surface area contributed by atoms with E-state index in [4.69, 9.17) is 18.3 Å². The molecule has 1 aromatic carbocycles. The van der Waals surface area contributed by atoms with E-state index in [1.54, 1.807) is 12.1 Å². The lowest BCUT2D eigenvalue weighted by molar-refractivity contribution is 0.0959. The first-order chi connectivity index (χ1) is 13.4. The van der Waals surface area contributed by atoms with Gasteiger partial charge in [0.1, 0.15) is 24.2 Å². The van der Waals surface area contributed by atoms with Gasteiger partial charge in [-0.3, -0.25) is 0 Å². The van der Waals surface area contributed by atoms with Crippen molar-refractivity contribution in [3.63, 3.8) is 0 Å². The molecule has 7 nitrogen and oxygen atoms in total. The number of aromatic nitrogens is 2. The number of hydrogen-bond acceptors (Lipinski definition) is 6. The summed E-state index contributed by atoms with van der Waals surface area (Å²) in [5.41, 5.74) is 3.41. The molecule has 5 bridgehead atoms. The van der Waals surface area contributed by atoms with Crippen LogP contribution in [0.2, 0.25) is 0 Å². The normalized spacial score (nSPS) is 22.2. The number of benzene rings is 1. The number of ether oxygens (including phenoxy) is 1. The van der Waals surface area contributed by atoms with E-state index in [1.807, 2.05) is 25.3 Å². The van der Waals surface area contributed by atoms with Crippen LogP contribution in [0.4, 0.5) is 4.39 Å². The molecule has 0 saturated carbocycles. The molecule has 0 radical (unpaired) electrons. The fourth-order valence-corrected chi connectivity index (χ4v) is 5.08. The summed E-state index contributed by atoms with van der Waals surface area (Å²) < 4.78 is 50.8. The molecule has 28 heavy (non-hydrogen) atoms. The summed E-state index contributed by atoms with van der Waals surface area (Å²) >= 11 is 0. The van der Waals surface area contributed by atoms with E-state index >= 15 is 0 Å². The van der Waals surface area contributed by atoms with Crippen LogP contribution in [-0.2, 0) is 15.7 Å². The first kappa shape index (κ1) is 17.5. The van der Waals surface area contributed by atoms with Crippen LogP contribution in [0, 0.1) is 19.7 Å². The van der Waals surface area contributed by atoms with Gasteiger partial charge in [0, 0.05) is 5.69 Å². The highest BCUT2D eigenvalue weighted by Gasteiger charge is 2.48. The molecule has 4 heterocycles. The molecular formula is C19H18FN2O5P. The molecule has 146 valence electrons. The van der Waals surface area contributed by atoms with Crippen molar-refractivity contribution in [2.45, 2.75) is 40.0 Å². The Morgan fingerprint density at radius 1 is 1.25 bits per heavy atom. The minimum absolute atomic E-state index is 0.0990. The third kappa shape index (κ3) is 2.45. The van der Waals surface area contributed by atoms with Gasteiger partial charge in [0.15, 0.2) is 0 Å². The summed E-state index contributed by atoms with van der Waals surface area (Å²) in [5, 5.41) is 0.760. The van der Waals surface area contributed by atoms with Crippen molar-refractivity contribution in [2.24, 2.45) is 0 Å². The number of nitrogens with zero attached hydrogens (tertiary/aromatic N) is 2. The van der Waals surface area contributed by atoms with Gasteiger partial charge in [-0.25, -0.2) is 13.5 Å². The first-order valence-electron chi connectivity index (χ1n) is 9.00. The summed E-state index contributed by atoms with van der Waals surface area (Å²) in [6.45, 7) is 6.05. The van der Waals surface area contributed by atoms with Crippen LogP contribution in [0.15, 0.2) is 24.3 Å². The van der Waals surface area contributed by atoms with Crippen LogP contribution in [-0.4, -0.2) is 9.55 Å². The second-order valence-electron chi connectivity index (χ2n) is 6.87. The summed E-state index contributed by atoms with van der Waals surface area (Å²) in [4.78, 5) is 4.42. The SMILES string of the molecule is CCC1OP2(=O)Oc3nc(OCc4ccc(F)cc4)c4c(c(C)c(C)n41)c3O2. The Morgan fingerprint density at radius 2 is 2.00 bits per heavy atom. The minimum Gasteiger partial charge on any atom is -0.471 e. The zero-order valence-corrected chi connectivity index (χ0v) is 16.5. The molecule has 9 heteroatoms. The number of aryl methyl sites for hydroxylation is 1. The average molecular weight is 404 g/mol. The Labute approximate surface area is 160 Å². The maximum absolute atomic E-state index is 13.1. The molecular weight excluding hydrogens is 386 g/mol.